The van der Waals surface area contributed by atoms with Gasteiger partial charge in [0.2, 0.25) is 5.60 Å². The number of aryl methyl sites for hydroxylation is 1. The summed E-state index contributed by atoms with van der Waals surface area (Å²) in [6.45, 7) is 1.14. The summed E-state index contributed by atoms with van der Waals surface area (Å²) in [5.74, 6) is -0.793. The van der Waals surface area contributed by atoms with Gasteiger partial charge in [-0.3, -0.25) is 4.79 Å². The molecule has 0 aliphatic rings. The van der Waals surface area contributed by atoms with Gasteiger partial charge in [0.05, 0.1) is 4.88 Å². The predicted molar refractivity (Wildman–Crippen MR) is 74.7 cm³/mol. The molecule has 0 radical (unpaired) electrons. The van der Waals surface area contributed by atoms with Crippen molar-refractivity contribution in [1.82, 2.24) is 5.32 Å². The maximum atomic E-state index is 13.2. The largest absolute Gasteiger partial charge is 0.463 e. The molecule has 120 valence electrons. The summed E-state index contributed by atoms with van der Waals surface area (Å²) in [5.41, 5.74) is -3.13. The van der Waals surface area contributed by atoms with Crippen molar-refractivity contribution in [3.8, 4) is 0 Å². The topological polar surface area (TPSA) is 62.5 Å². The highest BCUT2D eigenvalue weighted by Gasteiger charge is 2.56. The van der Waals surface area contributed by atoms with Crippen molar-refractivity contribution < 1.29 is 27.5 Å². The van der Waals surface area contributed by atoms with Gasteiger partial charge in [-0.15, -0.1) is 11.3 Å². The normalized spacial score (nSPS) is 14.6. The van der Waals surface area contributed by atoms with Gasteiger partial charge < -0.3 is 14.8 Å². The Morgan fingerprint density at radius 2 is 2.09 bits per heavy atom. The minimum atomic E-state index is -4.91. The van der Waals surface area contributed by atoms with E-state index >= 15 is 0 Å². The molecule has 22 heavy (non-hydrogen) atoms. The molecule has 1 atom stereocenters. The van der Waals surface area contributed by atoms with E-state index in [4.69, 9.17) is 4.42 Å². The SMILES string of the molecule is Cc1ccc([C@](O)(CCNC(=O)c2cccs2)C(F)(F)F)o1. The van der Waals surface area contributed by atoms with E-state index in [1.807, 2.05) is 0 Å². The summed E-state index contributed by atoms with van der Waals surface area (Å²) in [6.07, 6.45) is -5.65. The maximum Gasteiger partial charge on any atom is 0.424 e. The Labute approximate surface area is 128 Å². The van der Waals surface area contributed by atoms with Gasteiger partial charge in [-0.2, -0.15) is 13.2 Å². The van der Waals surface area contributed by atoms with Crippen molar-refractivity contribution in [2.75, 3.05) is 6.54 Å². The van der Waals surface area contributed by atoms with Crippen molar-refractivity contribution in [2.45, 2.75) is 25.1 Å². The van der Waals surface area contributed by atoms with Crippen molar-refractivity contribution in [1.29, 1.82) is 0 Å². The van der Waals surface area contributed by atoms with Crippen LogP contribution in [0.3, 0.4) is 0 Å². The number of furan rings is 1. The Balaban J connectivity index is 2.07. The number of hydrogen-bond donors (Lipinski definition) is 2. The van der Waals surface area contributed by atoms with E-state index in [0.717, 1.165) is 6.07 Å². The number of thiophene rings is 1. The molecule has 2 heterocycles. The Morgan fingerprint density at radius 3 is 2.59 bits per heavy atom. The molecule has 0 saturated carbocycles. The zero-order valence-corrected chi connectivity index (χ0v) is 12.4. The first kappa shape index (κ1) is 16.6. The van der Waals surface area contributed by atoms with E-state index in [-0.39, 0.29) is 12.3 Å². The molecule has 2 rings (SSSR count). The first-order chi connectivity index (χ1) is 10.2. The molecule has 0 bridgehead atoms. The van der Waals surface area contributed by atoms with Crippen molar-refractivity contribution in [2.24, 2.45) is 0 Å². The number of amides is 1. The summed E-state index contributed by atoms with van der Waals surface area (Å²) in [5, 5.41) is 14.1. The number of carbonyl (C=O) groups excluding carboxylic acids is 1. The molecular formula is C14H14F3NO3S. The van der Waals surface area contributed by atoms with Crippen LogP contribution in [0.4, 0.5) is 13.2 Å². The van der Waals surface area contributed by atoms with Crippen LogP contribution in [0, 0.1) is 6.92 Å². The van der Waals surface area contributed by atoms with Gasteiger partial charge >= 0.3 is 6.18 Å². The van der Waals surface area contributed by atoms with Crippen LogP contribution in [0.1, 0.15) is 27.6 Å². The van der Waals surface area contributed by atoms with Gasteiger partial charge in [0, 0.05) is 13.0 Å². The molecule has 2 N–H and O–H groups in total. The molecule has 0 saturated heterocycles. The standard InChI is InChI=1S/C14H14F3NO3S/c1-9-4-5-11(21-9)13(20,14(15,16)17)6-7-18-12(19)10-3-2-8-22-10/h2-5,8,20H,6-7H2,1H3,(H,18,19)/t13-/m1/s1. The first-order valence-electron chi connectivity index (χ1n) is 6.42. The Kier molecular flexibility index (Phi) is 4.62. The second-order valence-corrected chi connectivity index (χ2v) is 5.70. The van der Waals surface area contributed by atoms with Crippen LogP contribution in [0.5, 0.6) is 0 Å². The number of rotatable bonds is 5. The molecule has 0 fully saturated rings. The first-order valence-corrected chi connectivity index (χ1v) is 7.30. The Bertz CT molecular complexity index is 636. The van der Waals surface area contributed by atoms with E-state index < -0.39 is 29.9 Å². The highest BCUT2D eigenvalue weighted by molar-refractivity contribution is 7.12. The number of aliphatic hydroxyl groups is 1. The van der Waals surface area contributed by atoms with E-state index in [1.54, 1.807) is 17.5 Å². The van der Waals surface area contributed by atoms with Crippen LogP contribution in [-0.4, -0.2) is 23.7 Å². The summed E-state index contributed by atoms with van der Waals surface area (Å²) in [7, 11) is 0. The molecule has 0 aliphatic carbocycles. The quantitative estimate of drug-likeness (QED) is 0.883. The van der Waals surface area contributed by atoms with Gasteiger partial charge in [0.1, 0.15) is 11.5 Å². The smallest absolute Gasteiger partial charge is 0.424 e. The number of halogens is 3. The monoisotopic (exact) mass is 333 g/mol. The molecule has 4 nitrogen and oxygen atoms in total. The fraction of sp³-hybridized carbons (Fsp3) is 0.357. The second kappa shape index (κ2) is 6.13. The fourth-order valence-electron chi connectivity index (χ4n) is 1.91. The number of alkyl halides is 3. The Hall–Kier alpha value is -1.80. The summed E-state index contributed by atoms with van der Waals surface area (Å²) in [4.78, 5) is 12.1. The van der Waals surface area contributed by atoms with Crippen molar-refractivity contribution in [3.05, 3.63) is 46.0 Å². The van der Waals surface area contributed by atoms with E-state index in [9.17, 15) is 23.1 Å². The highest BCUT2D eigenvalue weighted by atomic mass is 32.1. The number of hydrogen-bond acceptors (Lipinski definition) is 4. The van der Waals surface area contributed by atoms with E-state index in [1.165, 1.54) is 24.3 Å². The van der Waals surface area contributed by atoms with Crippen LogP contribution in [-0.2, 0) is 5.60 Å². The van der Waals surface area contributed by atoms with Gasteiger partial charge in [-0.1, -0.05) is 6.07 Å². The van der Waals surface area contributed by atoms with Gasteiger partial charge in [0.25, 0.3) is 5.91 Å². The molecule has 0 aromatic carbocycles. The third-order valence-electron chi connectivity index (χ3n) is 3.13. The summed E-state index contributed by atoms with van der Waals surface area (Å²) >= 11 is 1.18. The van der Waals surface area contributed by atoms with E-state index in [0.29, 0.717) is 4.88 Å². The lowest BCUT2D eigenvalue weighted by molar-refractivity contribution is -0.274. The minimum absolute atomic E-state index is 0.264. The molecule has 0 unspecified atom stereocenters. The van der Waals surface area contributed by atoms with Gasteiger partial charge in [0.15, 0.2) is 0 Å². The van der Waals surface area contributed by atoms with Crippen LogP contribution >= 0.6 is 11.3 Å². The maximum absolute atomic E-state index is 13.2. The number of nitrogens with one attached hydrogen (secondary N) is 1. The second-order valence-electron chi connectivity index (χ2n) is 4.75. The average molecular weight is 333 g/mol. The zero-order valence-electron chi connectivity index (χ0n) is 11.6. The van der Waals surface area contributed by atoms with Crippen LogP contribution < -0.4 is 5.32 Å². The van der Waals surface area contributed by atoms with E-state index in [2.05, 4.69) is 5.32 Å². The summed E-state index contributed by atoms with van der Waals surface area (Å²) < 4.78 is 44.5. The van der Waals surface area contributed by atoms with Crippen molar-refractivity contribution >= 4 is 17.2 Å². The minimum Gasteiger partial charge on any atom is -0.463 e. The van der Waals surface area contributed by atoms with Crippen LogP contribution in [0.25, 0.3) is 0 Å². The molecular weight excluding hydrogens is 319 g/mol. The highest BCUT2D eigenvalue weighted by Crippen LogP contribution is 2.42. The third-order valence-corrected chi connectivity index (χ3v) is 4.00. The number of carbonyl (C=O) groups is 1. The van der Waals surface area contributed by atoms with Gasteiger partial charge in [-0.05, 0) is 30.5 Å². The lowest BCUT2D eigenvalue weighted by Crippen LogP contribution is -2.44. The zero-order chi connectivity index (χ0) is 16.4. The van der Waals surface area contributed by atoms with Crippen LogP contribution in [0.15, 0.2) is 34.1 Å². The van der Waals surface area contributed by atoms with Crippen LogP contribution in [0.2, 0.25) is 0 Å². The fourth-order valence-corrected chi connectivity index (χ4v) is 2.55. The predicted octanol–water partition coefficient (Wildman–Crippen LogP) is 3.22. The van der Waals surface area contributed by atoms with Gasteiger partial charge in [-0.25, -0.2) is 0 Å². The molecule has 8 heteroatoms. The average Bonchev–Trinajstić information content (AvgIpc) is 3.07. The lowest BCUT2D eigenvalue weighted by atomic mass is 9.95. The lowest BCUT2D eigenvalue weighted by Gasteiger charge is -2.28. The Morgan fingerprint density at radius 1 is 1.36 bits per heavy atom. The molecule has 0 aliphatic heterocycles. The molecule has 0 spiro atoms. The molecule has 1 amide bonds. The van der Waals surface area contributed by atoms with Crippen molar-refractivity contribution in [3.63, 3.8) is 0 Å². The molecule has 2 aromatic heterocycles. The molecule has 2 aromatic rings. The summed E-state index contributed by atoms with van der Waals surface area (Å²) in [6, 6.07) is 5.66. The third kappa shape index (κ3) is 3.33.